The van der Waals surface area contributed by atoms with Crippen molar-refractivity contribution in [1.29, 1.82) is 0 Å². The molecular weight excluding hydrogens is 420 g/mol. The molecular formula is C17H26N4O6S2. The minimum atomic E-state index is -3.76. The van der Waals surface area contributed by atoms with Crippen LogP contribution in [0.4, 0.5) is 0 Å². The normalized spacial score (nSPS) is 32.9. The van der Waals surface area contributed by atoms with Gasteiger partial charge in [-0.2, -0.15) is 8.42 Å². The molecule has 29 heavy (non-hydrogen) atoms. The fourth-order valence-electron chi connectivity index (χ4n) is 4.49. The van der Waals surface area contributed by atoms with Crippen LogP contribution in [0.1, 0.15) is 26.7 Å². The van der Waals surface area contributed by atoms with Gasteiger partial charge in [0.2, 0.25) is 5.91 Å². The number of nitrogens with one attached hydrogen (secondary N) is 2. The minimum absolute atomic E-state index is 0.0400. The van der Waals surface area contributed by atoms with Crippen LogP contribution < -0.4 is 15.2 Å². The summed E-state index contributed by atoms with van der Waals surface area (Å²) in [6, 6.07) is -0.337. The Balaban J connectivity index is 1.71. The lowest BCUT2D eigenvalue weighted by atomic mass is 9.74. The number of carbonyl (C=O) groups is 3. The van der Waals surface area contributed by atoms with E-state index in [2.05, 4.69) is 10.0 Å². The number of amides is 1. The molecule has 0 aromatic heterocycles. The summed E-state index contributed by atoms with van der Waals surface area (Å²) >= 11 is 1.44. The lowest BCUT2D eigenvalue weighted by molar-refractivity contribution is -0.160. The monoisotopic (exact) mass is 446 g/mol. The number of fused-ring (bicyclic) bond motifs is 1. The fourth-order valence-corrected chi connectivity index (χ4v) is 6.44. The Bertz CT molecular complexity index is 845. The van der Waals surface area contributed by atoms with Gasteiger partial charge in [-0.15, -0.1) is 11.8 Å². The Morgan fingerprint density at radius 1 is 1.52 bits per heavy atom. The summed E-state index contributed by atoms with van der Waals surface area (Å²) in [6.07, 6.45) is 1.70. The molecule has 3 aliphatic rings. The van der Waals surface area contributed by atoms with Crippen LogP contribution in [-0.4, -0.2) is 67.0 Å². The third kappa shape index (κ3) is 4.36. The first-order valence-electron chi connectivity index (χ1n) is 9.46. The van der Waals surface area contributed by atoms with Gasteiger partial charge in [0.1, 0.15) is 12.0 Å². The molecule has 0 saturated carbocycles. The Morgan fingerprint density at radius 3 is 2.79 bits per heavy atom. The van der Waals surface area contributed by atoms with Crippen molar-refractivity contribution in [3.8, 4) is 0 Å². The summed E-state index contributed by atoms with van der Waals surface area (Å²) in [5.74, 6) is -1.98. The minimum Gasteiger partial charge on any atom is -0.477 e. The molecule has 0 radical (unpaired) electrons. The summed E-state index contributed by atoms with van der Waals surface area (Å²) in [5, 5.41) is 18.0. The van der Waals surface area contributed by atoms with E-state index in [1.807, 2.05) is 13.8 Å². The summed E-state index contributed by atoms with van der Waals surface area (Å²) in [4.78, 5) is 37.5. The van der Waals surface area contributed by atoms with Crippen molar-refractivity contribution in [3.05, 3.63) is 10.6 Å². The van der Waals surface area contributed by atoms with Crippen molar-refractivity contribution >= 4 is 40.1 Å². The second kappa shape index (κ2) is 8.34. The number of β-lactam (4-membered cyclic amide) rings is 1. The lowest BCUT2D eigenvalue weighted by Crippen LogP contribution is -2.62. The first-order valence-corrected chi connectivity index (χ1v) is 11.9. The molecule has 0 bridgehead atoms. The van der Waals surface area contributed by atoms with Crippen LogP contribution in [-0.2, 0) is 24.6 Å². The average Bonchev–Trinajstić information content (AvgIpc) is 3.15. The first-order chi connectivity index (χ1) is 13.5. The van der Waals surface area contributed by atoms with E-state index in [1.165, 1.54) is 16.7 Å². The van der Waals surface area contributed by atoms with Gasteiger partial charge in [0.25, 0.3) is 10.2 Å². The highest BCUT2D eigenvalue weighted by Crippen LogP contribution is 2.53. The van der Waals surface area contributed by atoms with Crippen molar-refractivity contribution in [1.82, 2.24) is 14.9 Å². The van der Waals surface area contributed by atoms with Crippen molar-refractivity contribution in [2.24, 2.45) is 22.9 Å². The van der Waals surface area contributed by atoms with Gasteiger partial charge in [0.15, 0.2) is 0 Å². The third-order valence-electron chi connectivity index (χ3n) is 5.88. The van der Waals surface area contributed by atoms with Gasteiger partial charge in [0, 0.05) is 41.6 Å². The van der Waals surface area contributed by atoms with Crippen LogP contribution in [0.2, 0.25) is 0 Å². The van der Waals surface area contributed by atoms with E-state index in [0.29, 0.717) is 17.9 Å². The maximum Gasteiger partial charge on any atom is 0.353 e. The fraction of sp³-hybridized carbons (Fsp3) is 0.706. The Hall–Kier alpha value is -1.47. The molecule has 162 valence electrons. The number of nitrogens with zero attached hydrogens (tertiary/aromatic N) is 1. The quantitative estimate of drug-likeness (QED) is 0.266. The third-order valence-corrected chi connectivity index (χ3v) is 7.96. The average molecular weight is 447 g/mol. The molecule has 0 spiro atoms. The number of carbonyl (C=O) groups excluding carboxylic acids is 2. The summed E-state index contributed by atoms with van der Waals surface area (Å²) < 4.78 is 24.4. The van der Waals surface area contributed by atoms with E-state index in [4.69, 9.17) is 5.14 Å². The van der Waals surface area contributed by atoms with Crippen LogP contribution in [0, 0.1) is 17.8 Å². The molecule has 1 amide bonds. The van der Waals surface area contributed by atoms with E-state index in [-0.39, 0.29) is 59.7 Å². The van der Waals surface area contributed by atoms with Crippen molar-refractivity contribution < 1.29 is 27.9 Å². The van der Waals surface area contributed by atoms with Crippen molar-refractivity contribution in [2.45, 2.75) is 44.0 Å². The maximum absolute atomic E-state index is 12.6. The number of thioether (sulfide) groups is 1. The van der Waals surface area contributed by atoms with Crippen LogP contribution in [0.3, 0.4) is 0 Å². The van der Waals surface area contributed by atoms with Gasteiger partial charge in [-0.3, -0.25) is 4.79 Å². The molecule has 12 heteroatoms. The van der Waals surface area contributed by atoms with Gasteiger partial charge in [-0.25, -0.2) is 14.7 Å². The molecule has 0 aliphatic carbocycles. The van der Waals surface area contributed by atoms with Crippen LogP contribution in [0.15, 0.2) is 10.6 Å². The molecule has 3 heterocycles. The Morgan fingerprint density at radius 2 is 2.21 bits per heavy atom. The predicted octanol–water partition coefficient (Wildman–Crippen LogP) is -0.759. The number of carboxylic acids is 1. The largest absolute Gasteiger partial charge is 0.477 e. The summed E-state index contributed by atoms with van der Waals surface area (Å²) in [7, 11) is -3.76. The van der Waals surface area contributed by atoms with Crippen LogP contribution in [0.25, 0.3) is 0 Å². The SMILES string of the molecule is C[C@H]1C(S[C@@H]2CN[C@H](CNS(N)(=O)=O)C2)=C(C(=O)O)N2C(=O)[C@H]([C@@H](C)CC=O)C12. The number of nitrogens with two attached hydrogens (primary N) is 1. The number of rotatable bonds is 9. The second-order valence-corrected chi connectivity index (χ2v) is 10.6. The number of hydrogen-bond donors (Lipinski definition) is 4. The van der Waals surface area contributed by atoms with Crippen LogP contribution in [0.5, 0.6) is 0 Å². The van der Waals surface area contributed by atoms with Crippen molar-refractivity contribution in [3.63, 3.8) is 0 Å². The first kappa shape index (κ1) is 22.2. The maximum atomic E-state index is 12.6. The number of carboxylic acid groups (broad SMARTS) is 1. The van der Waals surface area contributed by atoms with Crippen molar-refractivity contribution in [2.75, 3.05) is 13.1 Å². The molecule has 2 fully saturated rings. The van der Waals surface area contributed by atoms with Gasteiger partial charge in [0.05, 0.1) is 12.0 Å². The molecule has 5 N–H and O–H groups in total. The van der Waals surface area contributed by atoms with Gasteiger partial charge < -0.3 is 20.1 Å². The zero-order valence-electron chi connectivity index (χ0n) is 16.2. The van der Waals surface area contributed by atoms with E-state index in [1.54, 1.807) is 0 Å². The Labute approximate surface area is 173 Å². The van der Waals surface area contributed by atoms with Gasteiger partial charge in [-0.05, 0) is 12.3 Å². The van der Waals surface area contributed by atoms with E-state index in [0.717, 1.165) is 6.29 Å². The van der Waals surface area contributed by atoms with E-state index in [9.17, 15) is 27.9 Å². The summed E-state index contributed by atoms with van der Waals surface area (Å²) in [5.41, 5.74) is 0.0400. The zero-order chi connectivity index (χ0) is 21.5. The van der Waals surface area contributed by atoms with Gasteiger partial charge in [-0.1, -0.05) is 13.8 Å². The highest BCUT2D eigenvalue weighted by molar-refractivity contribution is 8.03. The van der Waals surface area contributed by atoms with Crippen LogP contribution >= 0.6 is 11.8 Å². The van der Waals surface area contributed by atoms with E-state index < -0.39 is 16.2 Å². The predicted molar refractivity (Wildman–Crippen MR) is 107 cm³/mol. The second-order valence-electron chi connectivity index (χ2n) is 7.89. The molecule has 6 atom stereocenters. The van der Waals surface area contributed by atoms with Gasteiger partial charge >= 0.3 is 5.97 Å². The standard InChI is InChI=1S/C17H26N4O6S2/c1-8(3-4-22)12-13-9(2)15(14(17(24)25)21(13)16(12)23)28-11-5-10(19-7-11)6-20-29(18,26)27/h4,8-13,19-20H,3,5-7H2,1-2H3,(H,24,25)(H2,18,26,27)/t8-,9+,10-,11-,12+,13?/m0/s1. The topological polar surface area (TPSA) is 159 Å². The zero-order valence-corrected chi connectivity index (χ0v) is 17.8. The molecule has 3 rings (SSSR count). The molecule has 2 saturated heterocycles. The Kier molecular flexibility index (Phi) is 6.39. The summed E-state index contributed by atoms with van der Waals surface area (Å²) in [6.45, 7) is 4.52. The molecule has 0 aromatic carbocycles. The molecule has 1 unspecified atom stereocenters. The van der Waals surface area contributed by atoms with E-state index >= 15 is 0 Å². The number of aliphatic carboxylic acids is 1. The number of aldehydes is 1. The number of hydrogen-bond acceptors (Lipinski definition) is 7. The highest BCUT2D eigenvalue weighted by Gasteiger charge is 2.60. The lowest BCUT2D eigenvalue weighted by Gasteiger charge is -2.47. The molecule has 0 aromatic rings. The molecule has 3 aliphatic heterocycles. The highest BCUT2D eigenvalue weighted by atomic mass is 32.2. The smallest absolute Gasteiger partial charge is 0.353 e. The molecule has 10 nitrogen and oxygen atoms in total.